The predicted octanol–water partition coefficient (Wildman–Crippen LogP) is 10.2. The molecular weight excluding hydrogens is 748 g/mol. The molecule has 55 heavy (non-hydrogen) atoms. The summed E-state index contributed by atoms with van der Waals surface area (Å²) in [6.45, 7) is 1.15. The summed E-state index contributed by atoms with van der Waals surface area (Å²) in [5.74, 6) is 0.0988. The van der Waals surface area contributed by atoms with E-state index in [-0.39, 0.29) is 30.4 Å². The molecule has 0 bridgehead atoms. The molecule has 6 aromatic carbocycles. The number of nitrogens with one attached hydrogen (secondary N) is 1. The number of ether oxygens (including phenoxy) is 1. The zero-order chi connectivity index (χ0) is 37.4. The molecule has 8 heteroatoms. The van der Waals surface area contributed by atoms with Crippen molar-refractivity contribution in [2.45, 2.75) is 24.3 Å². The number of fused-ring (bicyclic) bond motifs is 4. The lowest BCUT2D eigenvalue weighted by Crippen LogP contribution is -2.42. The highest BCUT2D eigenvalue weighted by atomic mass is 79.9. The maximum atomic E-state index is 14.1. The van der Waals surface area contributed by atoms with E-state index >= 15 is 0 Å². The number of carbonyl (C=O) groups excluding carboxylic acids is 2. The number of hydrogen-bond acceptors (Lipinski definition) is 4. The van der Waals surface area contributed by atoms with Crippen LogP contribution in [-0.4, -0.2) is 46.4 Å². The van der Waals surface area contributed by atoms with Gasteiger partial charge < -0.3 is 15.0 Å². The highest BCUT2D eigenvalue weighted by molar-refractivity contribution is 9.10. The molecule has 9 rings (SSSR count). The Labute approximate surface area is 328 Å². The van der Waals surface area contributed by atoms with E-state index in [1.165, 1.54) is 22.3 Å². The number of aromatic nitrogens is 2. The van der Waals surface area contributed by atoms with Crippen LogP contribution in [0.2, 0.25) is 0 Å². The van der Waals surface area contributed by atoms with Gasteiger partial charge in [0.25, 0.3) is 0 Å². The van der Waals surface area contributed by atoms with Gasteiger partial charge in [-0.3, -0.25) is 4.79 Å². The fourth-order valence-corrected chi connectivity index (χ4v) is 8.93. The molecular formula is C47H39BrN4O3. The van der Waals surface area contributed by atoms with E-state index in [1.54, 1.807) is 4.90 Å². The summed E-state index contributed by atoms with van der Waals surface area (Å²) in [5.41, 5.74) is 7.90. The molecule has 1 N–H and O–H groups in total. The lowest BCUT2D eigenvalue weighted by molar-refractivity contribution is -0.121. The highest BCUT2D eigenvalue weighted by Crippen LogP contribution is 2.46. The predicted molar refractivity (Wildman–Crippen MR) is 220 cm³/mol. The van der Waals surface area contributed by atoms with E-state index in [0.717, 1.165) is 32.1 Å². The molecule has 1 aromatic heterocycles. The van der Waals surface area contributed by atoms with Crippen molar-refractivity contribution >= 4 is 44.7 Å². The second-order valence-corrected chi connectivity index (χ2v) is 15.2. The summed E-state index contributed by atoms with van der Waals surface area (Å²) in [7, 11) is 0. The van der Waals surface area contributed by atoms with Gasteiger partial charge in [-0.2, -0.15) is 5.10 Å². The van der Waals surface area contributed by atoms with Gasteiger partial charge in [0.15, 0.2) is 5.82 Å². The van der Waals surface area contributed by atoms with Crippen LogP contribution in [0.3, 0.4) is 0 Å². The fraction of sp³-hybridized carbons (Fsp3) is 0.170. The number of nitrogens with zero attached hydrogens (tertiary/aromatic N) is 3. The molecule has 0 spiro atoms. The SMILES string of the molecule is O=C(Nc1nn(C(c2ccccc2)(c2ccccc2)c2ccccc2)c2ccc(Br)cc12)C1CCN(C(=O)OCC2c3ccccc3-c3ccccc32)CC1. The smallest absolute Gasteiger partial charge is 0.409 e. The van der Waals surface area contributed by atoms with Crippen molar-refractivity contribution in [3.8, 4) is 11.1 Å². The largest absolute Gasteiger partial charge is 0.448 e. The second kappa shape index (κ2) is 14.7. The van der Waals surface area contributed by atoms with Crippen LogP contribution in [0.1, 0.15) is 46.6 Å². The van der Waals surface area contributed by atoms with Crippen LogP contribution in [0.25, 0.3) is 22.0 Å². The number of hydrogen-bond donors (Lipinski definition) is 1. The summed E-state index contributed by atoms with van der Waals surface area (Å²) in [4.78, 5) is 29.2. The van der Waals surface area contributed by atoms with Gasteiger partial charge in [0.05, 0.1) is 5.52 Å². The fourth-order valence-electron chi connectivity index (χ4n) is 8.57. The van der Waals surface area contributed by atoms with Gasteiger partial charge in [-0.1, -0.05) is 155 Å². The number of amides is 2. The summed E-state index contributed by atoms with van der Waals surface area (Å²) >= 11 is 3.68. The van der Waals surface area contributed by atoms with Crippen LogP contribution in [0.5, 0.6) is 0 Å². The van der Waals surface area contributed by atoms with Crippen LogP contribution in [0.15, 0.2) is 162 Å². The first-order valence-corrected chi connectivity index (χ1v) is 19.6. The molecule has 0 radical (unpaired) electrons. The number of piperidine rings is 1. The average Bonchev–Trinajstić information content (AvgIpc) is 3.76. The van der Waals surface area contributed by atoms with E-state index in [9.17, 15) is 9.59 Å². The molecule has 1 fully saturated rings. The van der Waals surface area contributed by atoms with E-state index in [1.807, 2.05) is 54.6 Å². The van der Waals surface area contributed by atoms with E-state index in [0.29, 0.717) is 31.7 Å². The van der Waals surface area contributed by atoms with Crippen molar-refractivity contribution in [2.24, 2.45) is 5.92 Å². The first kappa shape index (κ1) is 34.8. The number of likely N-dealkylation sites (tertiary alicyclic amines) is 1. The van der Waals surface area contributed by atoms with Crippen molar-refractivity contribution in [2.75, 3.05) is 25.0 Å². The Balaban J connectivity index is 0.966. The molecule has 0 unspecified atom stereocenters. The minimum atomic E-state index is -0.854. The monoisotopic (exact) mass is 786 g/mol. The van der Waals surface area contributed by atoms with Crippen molar-refractivity contribution < 1.29 is 14.3 Å². The number of benzene rings is 6. The molecule has 1 aliphatic carbocycles. The van der Waals surface area contributed by atoms with Crippen LogP contribution < -0.4 is 5.32 Å². The zero-order valence-electron chi connectivity index (χ0n) is 30.1. The average molecular weight is 788 g/mol. The van der Waals surface area contributed by atoms with Crippen molar-refractivity contribution in [1.29, 1.82) is 0 Å². The third kappa shape index (κ3) is 6.20. The Bertz CT molecular complexity index is 2350. The molecule has 1 aliphatic heterocycles. The van der Waals surface area contributed by atoms with Gasteiger partial charge in [0.2, 0.25) is 5.91 Å². The third-order valence-electron chi connectivity index (χ3n) is 11.2. The van der Waals surface area contributed by atoms with Crippen LogP contribution in [0, 0.1) is 5.92 Å². The zero-order valence-corrected chi connectivity index (χ0v) is 31.7. The molecule has 2 aliphatic rings. The normalized spacial score (nSPS) is 14.4. The second-order valence-electron chi connectivity index (χ2n) is 14.3. The summed E-state index contributed by atoms with van der Waals surface area (Å²) < 4.78 is 8.89. The molecule has 0 saturated carbocycles. The summed E-state index contributed by atoms with van der Waals surface area (Å²) in [6.07, 6.45) is 0.718. The molecule has 7 aromatic rings. The Morgan fingerprint density at radius 2 is 1.20 bits per heavy atom. The molecule has 0 atom stereocenters. The highest BCUT2D eigenvalue weighted by Gasteiger charge is 2.41. The molecule has 7 nitrogen and oxygen atoms in total. The van der Waals surface area contributed by atoms with Crippen LogP contribution >= 0.6 is 15.9 Å². The van der Waals surface area contributed by atoms with Crippen molar-refractivity contribution in [1.82, 2.24) is 14.7 Å². The third-order valence-corrected chi connectivity index (χ3v) is 11.7. The Morgan fingerprint density at radius 3 is 1.75 bits per heavy atom. The van der Waals surface area contributed by atoms with Gasteiger partial charge >= 0.3 is 6.09 Å². The van der Waals surface area contributed by atoms with Crippen molar-refractivity contribution in [3.63, 3.8) is 0 Å². The molecule has 2 heterocycles. The van der Waals surface area contributed by atoms with Crippen LogP contribution in [-0.2, 0) is 15.1 Å². The van der Waals surface area contributed by atoms with E-state index in [4.69, 9.17) is 9.84 Å². The van der Waals surface area contributed by atoms with Crippen LogP contribution in [0.4, 0.5) is 10.6 Å². The van der Waals surface area contributed by atoms with E-state index < -0.39 is 5.54 Å². The summed E-state index contributed by atoms with van der Waals surface area (Å²) in [5, 5.41) is 9.34. The molecule has 2 amide bonds. The van der Waals surface area contributed by atoms with Gasteiger partial charge in [-0.25, -0.2) is 9.48 Å². The van der Waals surface area contributed by atoms with Gasteiger partial charge in [-0.05, 0) is 70.0 Å². The minimum absolute atomic E-state index is 0.00117. The lowest BCUT2D eigenvalue weighted by atomic mass is 9.77. The topological polar surface area (TPSA) is 76.5 Å². The molecule has 1 saturated heterocycles. The quantitative estimate of drug-likeness (QED) is 0.156. The first-order chi connectivity index (χ1) is 27.0. The number of carbonyl (C=O) groups is 2. The standard InChI is InChI=1S/C47H39BrN4O3/c48-36-24-25-43-41(30-36)44(50-52(43)47(33-14-4-1-5-15-33,34-16-6-2-7-17-34)35-18-8-3-9-19-35)49-45(53)32-26-28-51(29-27-32)46(54)55-31-42-39-22-12-10-20-37(39)38-21-11-13-23-40(38)42/h1-25,30,32,42H,26-29,31H2,(H,49,50,53). The maximum Gasteiger partial charge on any atom is 0.409 e. The number of anilines is 1. The first-order valence-electron chi connectivity index (χ1n) is 18.8. The Morgan fingerprint density at radius 1 is 0.691 bits per heavy atom. The minimum Gasteiger partial charge on any atom is -0.448 e. The van der Waals surface area contributed by atoms with Crippen molar-refractivity contribution in [3.05, 3.63) is 190 Å². The Kier molecular flexibility index (Phi) is 9.28. The number of halogens is 1. The van der Waals surface area contributed by atoms with Gasteiger partial charge in [-0.15, -0.1) is 0 Å². The Hall–Kier alpha value is -5.99. The summed E-state index contributed by atoms with van der Waals surface area (Å²) in [6, 6.07) is 53.9. The lowest BCUT2D eigenvalue weighted by Gasteiger charge is -2.37. The maximum absolute atomic E-state index is 14.1. The number of rotatable bonds is 8. The van der Waals surface area contributed by atoms with Gasteiger partial charge in [0, 0.05) is 34.8 Å². The van der Waals surface area contributed by atoms with Gasteiger partial charge in [0.1, 0.15) is 12.1 Å². The van der Waals surface area contributed by atoms with E-state index in [2.05, 4.69) is 129 Å². The molecule has 272 valence electrons.